The summed E-state index contributed by atoms with van der Waals surface area (Å²) >= 11 is 0. The zero-order valence-corrected chi connectivity index (χ0v) is 38.4. The van der Waals surface area contributed by atoms with E-state index in [9.17, 15) is 14.7 Å². The molecule has 3 heterocycles. The summed E-state index contributed by atoms with van der Waals surface area (Å²) in [6.45, 7) is 6.11. The van der Waals surface area contributed by atoms with Gasteiger partial charge in [-0.05, 0) is 47.4 Å². The number of aliphatic hydroxyl groups excluding tert-OH is 1. The van der Waals surface area contributed by atoms with E-state index in [2.05, 4.69) is 27.2 Å². The van der Waals surface area contributed by atoms with Crippen LogP contribution >= 0.6 is 0 Å². The van der Waals surface area contributed by atoms with Crippen molar-refractivity contribution in [1.82, 2.24) is 19.5 Å². The molecule has 346 valence electrons. The summed E-state index contributed by atoms with van der Waals surface area (Å²) in [5.41, 5.74) is 1.09. The Bertz CT molecular complexity index is 2160. The molecule has 0 spiro atoms. The van der Waals surface area contributed by atoms with Crippen LogP contribution in [0.15, 0.2) is 90.0 Å². The fourth-order valence-electron chi connectivity index (χ4n) is 8.49. The number of benzene rings is 3. The second-order valence-corrected chi connectivity index (χ2v) is 17.2. The van der Waals surface area contributed by atoms with Crippen LogP contribution in [0, 0.1) is 5.92 Å². The molecule has 5 aromatic rings. The van der Waals surface area contributed by atoms with E-state index >= 15 is 0 Å². The van der Waals surface area contributed by atoms with Crippen molar-refractivity contribution in [3.05, 3.63) is 112 Å². The minimum Gasteiger partial charge on any atom is -0.497 e. The van der Waals surface area contributed by atoms with Crippen molar-refractivity contribution in [3.63, 3.8) is 0 Å². The molecular formula is C51H69N5O8. The molecule has 3 aromatic carbocycles. The average molecular weight is 880 g/mol. The van der Waals surface area contributed by atoms with Gasteiger partial charge in [0.2, 0.25) is 11.9 Å². The molecule has 1 amide bonds. The molecule has 6 rings (SSSR count). The summed E-state index contributed by atoms with van der Waals surface area (Å²) in [5, 5.41) is 14.9. The number of imidazole rings is 1. The molecule has 1 fully saturated rings. The fourth-order valence-corrected chi connectivity index (χ4v) is 8.49. The number of H-pyrrole nitrogens is 1. The average Bonchev–Trinajstić information content (AvgIpc) is 3.88. The van der Waals surface area contributed by atoms with Gasteiger partial charge in [-0.15, -0.1) is 0 Å². The Kier molecular flexibility index (Phi) is 18.4. The molecule has 1 aliphatic rings. The van der Waals surface area contributed by atoms with Crippen molar-refractivity contribution in [2.24, 2.45) is 5.92 Å². The van der Waals surface area contributed by atoms with E-state index in [1.807, 2.05) is 78.9 Å². The van der Waals surface area contributed by atoms with Crippen molar-refractivity contribution < 1.29 is 33.6 Å². The van der Waals surface area contributed by atoms with Crippen LogP contribution in [-0.2, 0) is 24.6 Å². The molecular weight excluding hydrogens is 811 g/mol. The number of unbranched alkanes of at least 4 members (excludes halogenated alkanes) is 13. The van der Waals surface area contributed by atoms with E-state index in [1.165, 1.54) is 77.0 Å². The highest BCUT2D eigenvalue weighted by molar-refractivity contribution is 5.91. The number of ether oxygens (including phenoxy) is 5. The number of amides is 1. The van der Waals surface area contributed by atoms with Gasteiger partial charge in [-0.1, -0.05) is 159 Å². The highest BCUT2D eigenvalue weighted by Crippen LogP contribution is 2.43. The number of aromatic nitrogens is 4. The number of methoxy groups -OCH3 is 2. The molecule has 1 aliphatic heterocycles. The number of aromatic amines is 1. The number of carbonyl (C=O) groups is 1. The third-order valence-electron chi connectivity index (χ3n) is 12.2. The quantitative estimate of drug-likeness (QED) is 0.0342. The normalized spacial score (nSPS) is 17.6. The van der Waals surface area contributed by atoms with Crippen LogP contribution in [0.2, 0.25) is 0 Å². The summed E-state index contributed by atoms with van der Waals surface area (Å²) in [5.74, 6) is 0.741. The van der Waals surface area contributed by atoms with Crippen LogP contribution in [0.5, 0.6) is 11.5 Å². The lowest BCUT2D eigenvalue weighted by molar-refractivity contribution is -0.118. The first-order valence-corrected chi connectivity index (χ1v) is 23.4. The van der Waals surface area contributed by atoms with Gasteiger partial charge in [0.15, 0.2) is 17.4 Å². The van der Waals surface area contributed by atoms with Crippen molar-refractivity contribution in [3.8, 4) is 11.5 Å². The minimum atomic E-state index is -1.16. The number of nitrogens with one attached hydrogen (secondary N) is 2. The van der Waals surface area contributed by atoms with Crippen LogP contribution in [0.1, 0.15) is 134 Å². The summed E-state index contributed by atoms with van der Waals surface area (Å²) < 4.78 is 33.1. The Hall–Kier alpha value is -5.08. The number of nitrogens with zero attached hydrogens (tertiary/aromatic N) is 3. The SMILES string of the molecule is CCCCCCCCCCCCCCCCOC1[C@@H](O)[C@@H](COC(c2ccccc2)(c2ccc(OC)cc2)c2ccc(OC)cc2)O[C@H]1n1cnc2c(=O)[nH]c(NC(=O)C(C)C)nc21. The third-order valence-corrected chi connectivity index (χ3v) is 12.2. The van der Waals surface area contributed by atoms with Gasteiger partial charge in [-0.25, -0.2) is 4.98 Å². The lowest BCUT2D eigenvalue weighted by Crippen LogP contribution is -2.40. The van der Waals surface area contributed by atoms with Crippen LogP contribution in [0.25, 0.3) is 11.2 Å². The molecule has 64 heavy (non-hydrogen) atoms. The number of aliphatic hydroxyl groups is 1. The van der Waals surface area contributed by atoms with Crippen molar-refractivity contribution >= 4 is 23.0 Å². The molecule has 1 saturated heterocycles. The Morgan fingerprint density at radius 2 is 1.33 bits per heavy atom. The predicted octanol–water partition coefficient (Wildman–Crippen LogP) is 9.86. The van der Waals surface area contributed by atoms with Gasteiger partial charge in [0, 0.05) is 12.5 Å². The lowest BCUT2D eigenvalue weighted by atomic mass is 9.80. The Labute approximate surface area is 378 Å². The van der Waals surface area contributed by atoms with E-state index in [1.54, 1.807) is 32.6 Å². The first kappa shape index (κ1) is 48.4. The largest absolute Gasteiger partial charge is 0.497 e. The minimum absolute atomic E-state index is 0.0112. The highest BCUT2D eigenvalue weighted by Gasteiger charge is 2.48. The zero-order chi connectivity index (χ0) is 45.3. The van der Waals surface area contributed by atoms with E-state index in [0.29, 0.717) is 18.1 Å². The number of carbonyl (C=O) groups excluding carboxylic acids is 1. The Balaban J connectivity index is 1.22. The topological polar surface area (TPSA) is 159 Å². The number of anilines is 1. The molecule has 0 radical (unpaired) electrons. The Morgan fingerprint density at radius 1 is 0.797 bits per heavy atom. The van der Waals surface area contributed by atoms with Crippen LogP contribution in [-0.4, -0.2) is 76.3 Å². The van der Waals surface area contributed by atoms with Crippen molar-refractivity contribution in [2.45, 2.75) is 141 Å². The van der Waals surface area contributed by atoms with Gasteiger partial charge in [0.1, 0.15) is 35.4 Å². The summed E-state index contributed by atoms with van der Waals surface area (Å²) in [6, 6.07) is 25.4. The highest BCUT2D eigenvalue weighted by atomic mass is 16.6. The van der Waals surface area contributed by atoms with Crippen LogP contribution < -0.4 is 20.3 Å². The Morgan fingerprint density at radius 3 is 1.86 bits per heavy atom. The molecule has 13 heteroatoms. The molecule has 0 aliphatic carbocycles. The molecule has 1 unspecified atom stereocenters. The molecule has 2 aromatic heterocycles. The van der Waals surface area contributed by atoms with Gasteiger partial charge in [-0.3, -0.25) is 24.5 Å². The van der Waals surface area contributed by atoms with Gasteiger partial charge >= 0.3 is 0 Å². The zero-order valence-electron chi connectivity index (χ0n) is 38.4. The van der Waals surface area contributed by atoms with E-state index in [-0.39, 0.29) is 35.5 Å². The second-order valence-electron chi connectivity index (χ2n) is 17.2. The maximum absolute atomic E-state index is 13.2. The smallest absolute Gasteiger partial charge is 0.280 e. The molecule has 13 nitrogen and oxygen atoms in total. The number of rotatable bonds is 27. The van der Waals surface area contributed by atoms with Crippen molar-refractivity contribution in [1.29, 1.82) is 0 Å². The first-order valence-electron chi connectivity index (χ1n) is 23.4. The second kappa shape index (κ2) is 24.3. The van der Waals surface area contributed by atoms with E-state index < -0.39 is 35.7 Å². The number of hydrogen-bond acceptors (Lipinski definition) is 10. The maximum Gasteiger partial charge on any atom is 0.280 e. The third kappa shape index (κ3) is 12.2. The number of hydrogen-bond donors (Lipinski definition) is 3. The maximum atomic E-state index is 13.2. The summed E-state index contributed by atoms with van der Waals surface area (Å²) in [4.78, 5) is 37.5. The molecule has 0 saturated carbocycles. The van der Waals surface area contributed by atoms with Crippen molar-refractivity contribution in [2.75, 3.05) is 32.8 Å². The van der Waals surface area contributed by atoms with Gasteiger partial charge < -0.3 is 28.8 Å². The fraction of sp³-hybridized carbons (Fsp3) is 0.529. The van der Waals surface area contributed by atoms with Crippen LogP contribution in [0.3, 0.4) is 0 Å². The molecule has 4 atom stereocenters. The monoisotopic (exact) mass is 880 g/mol. The van der Waals surface area contributed by atoms with Gasteiger partial charge in [0.25, 0.3) is 5.56 Å². The van der Waals surface area contributed by atoms with Gasteiger partial charge in [0.05, 0.1) is 27.2 Å². The van der Waals surface area contributed by atoms with E-state index in [0.717, 1.165) is 36.0 Å². The first-order chi connectivity index (χ1) is 31.2. The van der Waals surface area contributed by atoms with E-state index in [4.69, 9.17) is 23.7 Å². The molecule has 0 bridgehead atoms. The standard InChI is InChI=1S/C51H69N5O8/c1-6-7-8-9-10-11-12-13-14-15-16-17-18-22-33-62-45-44(57)42(64-49(45)56-35-52-43-46(56)53-50(55-48(43)59)54-47(58)36(2)3)34-63-51(37-23-20-19-21-24-37,38-25-29-40(60-4)30-26-38)39-27-31-41(61-5)32-28-39/h19-21,23-32,35-36,42,44-45,49,57H,6-18,22,33-34H2,1-5H3,(H2,53,54,55,58,59)/t42-,44+,45?,49-/m1/s1. The molecule has 3 N–H and O–H groups in total. The summed E-state index contributed by atoms with van der Waals surface area (Å²) in [7, 11) is 3.26. The summed E-state index contributed by atoms with van der Waals surface area (Å²) in [6.07, 6.45) is 15.0. The number of fused-ring (bicyclic) bond motifs is 1. The van der Waals surface area contributed by atoms with Crippen LogP contribution in [0.4, 0.5) is 5.95 Å². The lowest BCUT2D eigenvalue weighted by Gasteiger charge is -2.37. The predicted molar refractivity (Wildman–Crippen MR) is 250 cm³/mol. The van der Waals surface area contributed by atoms with Gasteiger partial charge in [-0.2, -0.15) is 4.98 Å².